The van der Waals surface area contributed by atoms with Gasteiger partial charge in [-0.1, -0.05) is 34.8 Å². The molecule has 174 valence electrons. The fraction of sp³-hybridized carbons (Fsp3) is 0.167. The topological polar surface area (TPSA) is 95.1 Å². The molecule has 0 fully saturated rings. The fourth-order valence-corrected chi connectivity index (χ4v) is 4.16. The quantitative estimate of drug-likeness (QED) is 0.225. The molecule has 0 atom stereocenters. The van der Waals surface area contributed by atoms with Crippen molar-refractivity contribution in [3.8, 4) is 0 Å². The predicted octanol–water partition coefficient (Wildman–Crippen LogP) is 5.98. The fourth-order valence-electron chi connectivity index (χ4n) is 3.49. The first-order valence-corrected chi connectivity index (χ1v) is 11.6. The SMILES string of the molecule is Cc1cc(C)nc(NC(=NCCc2c[nH]c3ccc(Cl)cc23)NC(=O)c2ccc(Cl)cc2Cl)n1. The van der Waals surface area contributed by atoms with Crippen LogP contribution in [0.1, 0.15) is 27.3 Å². The number of hydrogen-bond donors (Lipinski definition) is 3. The van der Waals surface area contributed by atoms with E-state index in [1.54, 1.807) is 12.1 Å². The molecule has 0 saturated carbocycles. The van der Waals surface area contributed by atoms with Crippen molar-refractivity contribution in [1.29, 1.82) is 0 Å². The molecule has 10 heteroatoms. The summed E-state index contributed by atoms with van der Waals surface area (Å²) in [5.41, 5.74) is 3.91. The van der Waals surface area contributed by atoms with E-state index in [1.165, 1.54) is 6.07 Å². The Kier molecular flexibility index (Phi) is 7.36. The van der Waals surface area contributed by atoms with E-state index in [-0.39, 0.29) is 16.5 Å². The van der Waals surface area contributed by atoms with E-state index in [9.17, 15) is 4.79 Å². The first kappa shape index (κ1) is 24.0. The Hall–Kier alpha value is -3.13. The van der Waals surface area contributed by atoms with E-state index in [4.69, 9.17) is 34.8 Å². The van der Waals surface area contributed by atoms with Crippen molar-refractivity contribution in [3.63, 3.8) is 0 Å². The molecule has 4 aromatic rings. The summed E-state index contributed by atoms with van der Waals surface area (Å²) in [4.78, 5) is 29.4. The third-order valence-electron chi connectivity index (χ3n) is 5.00. The smallest absolute Gasteiger partial charge is 0.259 e. The van der Waals surface area contributed by atoms with E-state index < -0.39 is 5.91 Å². The molecule has 3 N–H and O–H groups in total. The average molecular weight is 516 g/mol. The number of benzene rings is 2. The highest BCUT2D eigenvalue weighted by Crippen LogP contribution is 2.23. The zero-order valence-electron chi connectivity index (χ0n) is 18.4. The number of anilines is 1. The van der Waals surface area contributed by atoms with Gasteiger partial charge in [0.05, 0.1) is 10.6 Å². The van der Waals surface area contributed by atoms with Gasteiger partial charge in [0.1, 0.15) is 0 Å². The van der Waals surface area contributed by atoms with Crippen molar-refractivity contribution in [2.75, 3.05) is 11.9 Å². The minimum atomic E-state index is -0.434. The Labute approximate surface area is 211 Å². The molecule has 0 saturated heterocycles. The summed E-state index contributed by atoms with van der Waals surface area (Å²) < 4.78 is 0. The monoisotopic (exact) mass is 514 g/mol. The van der Waals surface area contributed by atoms with Gasteiger partial charge in [-0.3, -0.25) is 20.4 Å². The summed E-state index contributed by atoms with van der Waals surface area (Å²) in [7, 11) is 0. The number of rotatable bonds is 5. The number of aromatic amines is 1. The number of nitrogens with zero attached hydrogens (tertiary/aromatic N) is 3. The third-order valence-corrected chi connectivity index (χ3v) is 5.78. The second kappa shape index (κ2) is 10.4. The molecule has 2 aromatic heterocycles. The third kappa shape index (κ3) is 5.86. The number of H-pyrrole nitrogens is 1. The van der Waals surface area contributed by atoms with Crippen LogP contribution in [0.25, 0.3) is 10.9 Å². The summed E-state index contributed by atoms with van der Waals surface area (Å²) in [5.74, 6) is 0.104. The van der Waals surface area contributed by atoms with Crippen molar-refractivity contribution >= 4 is 63.5 Å². The predicted molar refractivity (Wildman–Crippen MR) is 138 cm³/mol. The Bertz CT molecular complexity index is 1380. The second-order valence-electron chi connectivity index (χ2n) is 7.66. The summed E-state index contributed by atoms with van der Waals surface area (Å²) in [6.07, 6.45) is 2.56. The molecule has 0 unspecified atom stereocenters. The van der Waals surface area contributed by atoms with E-state index in [1.807, 2.05) is 44.3 Å². The molecule has 0 radical (unpaired) electrons. The van der Waals surface area contributed by atoms with Gasteiger partial charge >= 0.3 is 0 Å². The maximum Gasteiger partial charge on any atom is 0.259 e. The number of carbonyl (C=O) groups is 1. The van der Waals surface area contributed by atoms with Crippen LogP contribution in [-0.4, -0.2) is 33.4 Å². The van der Waals surface area contributed by atoms with Crippen molar-refractivity contribution in [2.45, 2.75) is 20.3 Å². The van der Waals surface area contributed by atoms with Crippen LogP contribution in [0.3, 0.4) is 0 Å². The number of hydrogen-bond acceptors (Lipinski definition) is 4. The van der Waals surface area contributed by atoms with Gasteiger partial charge in [-0.15, -0.1) is 0 Å². The lowest BCUT2D eigenvalue weighted by atomic mass is 10.1. The molecular formula is C24H21Cl3N6O. The number of aryl methyl sites for hydroxylation is 2. The molecule has 4 rings (SSSR count). The highest BCUT2D eigenvalue weighted by atomic mass is 35.5. The van der Waals surface area contributed by atoms with Crippen LogP contribution in [0.2, 0.25) is 15.1 Å². The maximum absolute atomic E-state index is 12.9. The minimum absolute atomic E-state index is 0.207. The van der Waals surface area contributed by atoms with Crippen molar-refractivity contribution in [1.82, 2.24) is 20.3 Å². The van der Waals surface area contributed by atoms with Gasteiger partial charge in [-0.2, -0.15) is 0 Å². The number of carbonyl (C=O) groups excluding carboxylic acids is 1. The molecule has 1 amide bonds. The summed E-state index contributed by atoms with van der Waals surface area (Å²) in [5, 5.41) is 8.17. The Morgan fingerprint density at radius 1 is 1.00 bits per heavy atom. The number of fused-ring (bicyclic) bond motifs is 1. The second-order valence-corrected chi connectivity index (χ2v) is 8.94. The normalized spacial score (nSPS) is 11.6. The molecule has 0 aliphatic heterocycles. The van der Waals surface area contributed by atoms with Crippen LogP contribution >= 0.6 is 34.8 Å². The largest absolute Gasteiger partial charge is 0.361 e. The van der Waals surface area contributed by atoms with Gasteiger partial charge in [0.25, 0.3) is 5.91 Å². The molecule has 0 bridgehead atoms. The van der Waals surface area contributed by atoms with Crippen molar-refractivity contribution in [2.24, 2.45) is 4.99 Å². The number of aliphatic imine (C=N–C) groups is 1. The van der Waals surface area contributed by atoms with Gasteiger partial charge < -0.3 is 4.98 Å². The lowest BCUT2D eigenvalue weighted by Gasteiger charge is -2.12. The van der Waals surface area contributed by atoms with Crippen LogP contribution < -0.4 is 10.6 Å². The molecule has 2 aromatic carbocycles. The standard InChI is InChI=1S/C24H21Cl3N6O/c1-13-9-14(2)31-24(30-13)33-23(32-22(34)18-5-3-17(26)11-20(18)27)28-8-7-15-12-29-21-6-4-16(25)10-19(15)21/h3-6,9-12,29H,7-8H2,1-2H3,(H2,28,30,31,32,33,34). The zero-order chi connectivity index (χ0) is 24.2. The molecular weight excluding hydrogens is 495 g/mol. The summed E-state index contributed by atoms with van der Waals surface area (Å²) >= 11 is 18.3. The van der Waals surface area contributed by atoms with Crippen LogP contribution in [0.4, 0.5) is 5.95 Å². The number of nitrogens with one attached hydrogen (secondary N) is 3. The van der Waals surface area contributed by atoms with Gasteiger partial charge in [0.15, 0.2) is 0 Å². The first-order chi connectivity index (χ1) is 16.3. The van der Waals surface area contributed by atoms with E-state index in [0.717, 1.165) is 27.9 Å². The zero-order valence-corrected chi connectivity index (χ0v) is 20.7. The average Bonchev–Trinajstić information content (AvgIpc) is 3.15. The van der Waals surface area contributed by atoms with Crippen molar-refractivity contribution < 1.29 is 4.79 Å². The molecule has 0 aliphatic rings. The van der Waals surface area contributed by atoms with Gasteiger partial charge in [0, 0.05) is 45.1 Å². The maximum atomic E-state index is 12.9. The van der Waals surface area contributed by atoms with E-state index in [2.05, 4.69) is 30.6 Å². The molecule has 0 spiro atoms. The summed E-state index contributed by atoms with van der Waals surface area (Å²) in [6.45, 7) is 4.12. The molecule has 34 heavy (non-hydrogen) atoms. The van der Waals surface area contributed by atoms with Gasteiger partial charge in [-0.05, 0) is 68.3 Å². The molecule has 0 aliphatic carbocycles. The number of halogens is 3. The Morgan fingerprint density at radius 3 is 2.44 bits per heavy atom. The molecule has 7 nitrogen and oxygen atoms in total. The Morgan fingerprint density at radius 2 is 1.71 bits per heavy atom. The highest BCUT2D eigenvalue weighted by Gasteiger charge is 2.14. The van der Waals surface area contributed by atoms with Crippen molar-refractivity contribution in [3.05, 3.63) is 86.2 Å². The van der Waals surface area contributed by atoms with Crippen LogP contribution in [0, 0.1) is 13.8 Å². The van der Waals surface area contributed by atoms with Gasteiger partial charge in [0.2, 0.25) is 11.9 Å². The van der Waals surface area contributed by atoms with E-state index in [0.29, 0.717) is 29.0 Å². The van der Waals surface area contributed by atoms with Gasteiger partial charge in [-0.25, -0.2) is 9.97 Å². The number of aromatic nitrogens is 3. The van der Waals surface area contributed by atoms with Crippen LogP contribution in [-0.2, 0) is 6.42 Å². The van der Waals surface area contributed by atoms with Crippen LogP contribution in [0.15, 0.2) is 53.7 Å². The van der Waals surface area contributed by atoms with Crippen LogP contribution in [0.5, 0.6) is 0 Å². The number of guanidine groups is 1. The lowest BCUT2D eigenvalue weighted by molar-refractivity contribution is 0.0977. The minimum Gasteiger partial charge on any atom is -0.361 e. The molecule has 2 heterocycles. The summed E-state index contributed by atoms with van der Waals surface area (Å²) in [6, 6.07) is 12.2. The number of amides is 1. The Balaban J connectivity index is 1.57. The lowest BCUT2D eigenvalue weighted by Crippen LogP contribution is -2.37. The van der Waals surface area contributed by atoms with E-state index >= 15 is 0 Å². The first-order valence-electron chi connectivity index (χ1n) is 10.4. The highest BCUT2D eigenvalue weighted by molar-refractivity contribution is 6.37.